The molecule has 5 saturated carbocycles. The van der Waals surface area contributed by atoms with Gasteiger partial charge in [-0.05, 0) is 76.0 Å². The number of carbonyl (C=O) groups excluding carboxylic acids is 1. The van der Waals surface area contributed by atoms with Crippen molar-refractivity contribution in [2.75, 3.05) is 12.3 Å². The van der Waals surface area contributed by atoms with Gasteiger partial charge in [0.2, 0.25) is 5.91 Å². The van der Waals surface area contributed by atoms with E-state index in [1.807, 2.05) is 0 Å². The molecule has 1 aromatic heterocycles. The van der Waals surface area contributed by atoms with E-state index in [1.165, 1.54) is 43.9 Å². The standard InChI is InChI=1S/C22H31N5OS/c1-2-26-20(18-4-5-18)24-25-21(26)29-14-19(28)27(7-3-6-23)22-11-15-8-16(12-22)10-17(9-15)13-22/h15-18H,2-5,7-14H2,1H3. The van der Waals surface area contributed by atoms with Gasteiger partial charge in [-0.15, -0.1) is 10.2 Å². The van der Waals surface area contributed by atoms with Crippen molar-refractivity contribution < 1.29 is 4.79 Å². The highest BCUT2D eigenvalue weighted by Gasteiger charge is 2.54. The van der Waals surface area contributed by atoms with Crippen molar-refractivity contribution in [2.24, 2.45) is 17.8 Å². The molecular formula is C22H31N5OS. The van der Waals surface area contributed by atoms with Crippen molar-refractivity contribution in [1.29, 1.82) is 5.26 Å². The minimum Gasteiger partial charge on any atom is -0.335 e. The molecule has 0 aliphatic heterocycles. The summed E-state index contributed by atoms with van der Waals surface area (Å²) in [4.78, 5) is 15.6. The molecule has 156 valence electrons. The maximum Gasteiger partial charge on any atom is 0.233 e. The summed E-state index contributed by atoms with van der Waals surface area (Å²) in [6.45, 7) is 3.55. The molecule has 0 atom stereocenters. The van der Waals surface area contributed by atoms with Gasteiger partial charge in [-0.2, -0.15) is 5.26 Å². The number of hydrogen-bond donors (Lipinski definition) is 0. The molecule has 6 nitrogen and oxygen atoms in total. The Morgan fingerprint density at radius 3 is 2.41 bits per heavy atom. The molecule has 0 saturated heterocycles. The van der Waals surface area contributed by atoms with E-state index in [0.717, 1.165) is 54.5 Å². The molecule has 0 aromatic carbocycles. The SMILES string of the molecule is CCn1c(SCC(=O)N(CCC#N)C23CC4CC(CC(C4)C2)C3)nnc1C1CC1. The number of hydrogen-bond acceptors (Lipinski definition) is 5. The van der Waals surface area contributed by atoms with Crippen molar-refractivity contribution in [3.05, 3.63) is 5.82 Å². The predicted molar refractivity (Wildman–Crippen MR) is 111 cm³/mol. The van der Waals surface area contributed by atoms with Gasteiger partial charge in [-0.3, -0.25) is 4.79 Å². The van der Waals surface area contributed by atoms with Gasteiger partial charge in [0.15, 0.2) is 5.16 Å². The second-order valence-corrected chi connectivity index (χ2v) is 10.7. The Labute approximate surface area is 177 Å². The first-order valence-corrected chi connectivity index (χ1v) is 12.3. The highest BCUT2D eigenvalue weighted by molar-refractivity contribution is 7.99. The zero-order valence-corrected chi connectivity index (χ0v) is 18.2. The fraction of sp³-hybridized carbons (Fsp3) is 0.818. The molecule has 5 aliphatic carbocycles. The van der Waals surface area contributed by atoms with E-state index >= 15 is 0 Å². The minimum absolute atomic E-state index is 0.0147. The lowest BCUT2D eigenvalue weighted by atomic mass is 9.52. The average molecular weight is 414 g/mol. The number of aromatic nitrogens is 3. The zero-order valence-electron chi connectivity index (χ0n) is 17.3. The molecule has 29 heavy (non-hydrogen) atoms. The summed E-state index contributed by atoms with van der Waals surface area (Å²) < 4.78 is 2.18. The molecule has 4 bridgehead atoms. The summed E-state index contributed by atoms with van der Waals surface area (Å²) in [6, 6.07) is 2.27. The van der Waals surface area contributed by atoms with Gasteiger partial charge in [-0.1, -0.05) is 11.8 Å². The van der Waals surface area contributed by atoms with Crippen LogP contribution in [-0.4, -0.2) is 43.4 Å². The van der Waals surface area contributed by atoms with Crippen LogP contribution in [0.1, 0.15) is 76.5 Å². The third kappa shape index (κ3) is 3.58. The van der Waals surface area contributed by atoms with Gasteiger partial charge in [0.1, 0.15) is 5.82 Å². The summed E-state index contributed by atoms with van der Waals surface area (Å²) in [5, 5.41) is 18.9. The number of thioether (sulfide) groups is 1. The Balaban J connectivity index is 1.31. The third-order valence-corrected chi connectivity index (χ3v) is 8.61. The van der Waals surface area contributed by atoms with E-state index < -0.39 is 0 Å². The van der Waals surface area contributed by atoms with Crippen LogP contribution in [0.3, 0.4) is 0 Å². The second-order valence-electron chi connectivity index (χ2n) is 9.74. The lowest BCUT2D eigenvalue weighted by Gasteiger charge is -2.60. The maximum atomic E-state index is 13.4. The van der Waals surface area contributed by atoms with Crippen LogP contribution in [0.25, 0.3) is 0 Å². The van der Waals surface area contributed by atoms with Crippen LogP contribution in [0, 0.1) is 29.1 Å². The highest BCUT2D eigenvalue weighted by Crippen LogP contribution is 2.58. The summed E-state index contributed by atoms with van der Waals surface area (Å²) >= 11 is 1.53. The summed E-state index contributed by atoms with van der Waals surface area (Å²) in [5.74, 6) is 4.60. The molecule has 1 heterocycles. The smallest absolute Gasteiger partial charge is 0.233 e. The van der Waals surface area contributed by atoms with E-state index in [4.69, 9.17) is 0 Å². The van der Waals surface area contributed by atoms with E-state index in [0.29, 0.717) is 24.6 Å². The fourth-order valence-corrected chi connectivity index (χ4v) is 7.62. The molecule has 1 aromatic rings. The molecule has 1 amide bonds. The van der Waals surface area contributed by atoms with E-state index in [9.17, 15) is 10.1 Å². The number of amides is 1. The maximum absolute atomic E-state index is 13.4. The van der Waals surface area contributed by atoms with Gasteiger partial charge in [-0.25, -0.2) is 0 Å². The van der Waals surface area contributed by atoms with Gasteiger partial charge < -0.3 is 9.47 Å². The van der Waals surface area contributed by atoms with Gasteiger partial charge >= 0.3 is 0 Å². The summed E-state index contributed by atoms with van der Waals surface area (Å²) in [6.07, 6.45) is 10.4. The van der Waals surface area contributed by atoms with Crippen LogP contribution < -0.4 is 0 Å². The van der Waals surface area contributed by atoms with E-state index in [1.54, 1.807) is 0 Å². The Bertz CT molecular complexity index is 788. The summed E-state index contributed by atoms with van der Waals surface area (Å²) in [5.41, 5.74) is 0.0147. The molecular weight excluding hydrogens is 382 g/mol. The van der Waals surface area contributed by atoms with Crippen molar-refractivity contribution in [3.8, 4) is 6.07 Å². The lowest BCUT2D eigenvalue weighted by molar-refractivity contribution is -0.147. The monoisotopic (exact) mass is 413 g/mol. The lowest BCUT2D eigenvalue weighted by Crippen LogP contribution is -2.62. The molecule has 6 rings (SSSR count). The Morgan fingerprint density at radius 2 is 1.86 bits per heavy atom. The predicted octanol–water partition coefficient (Wildman–Crippen LogP) is 3.98. The topological polar surface area (TPSA) is 74.8 Å². The van der Waals surface area contributed by atoms with Crippen molar-refractivity contribution >= 4 is 17.7 Å². The van der Waals surface area contributed by atoms with Crippen molar-refractivity contribution in [1.82, 2.24) is 19.7 Å². The van der Waals surface area contributed by atoms with Crippen molar-refractivity contribution in [3.63, 3.8) is 0 Å². The highest BCUT2D eigenvalue weighted by atomic mass is 32.2. The number of carbonyl (C=O) groups is 1. The number of nitriles is 1. The van der Waals surface area contributed by atoms with E-state index in [2.05, 4.69) is 32.7 Å². The summed E-state index contributed by atoms with van der Waals surface area (Å²) in [7, 11) is 0. The van der Waals surface area contributed by atoms with Gasteiger partial charge in [0.25, 0.3) is 0 Å². The van der Waals surface area contributed by atoms with Gasteiger partial charge in [0, 0.05) is 24.5 Å². The van der Waals surface area contributed by atoms with Gasteiger partial charge in [0.05, 0.1) is 18.2 Å². The first-order chi connectivity index (χ1) is 14.1. The number of rotatable bonds is 8. The Morgan fingerprint density at radius 1 is 1.21 bits per heavy atom. The molecule has 0 spiro atoms. The molecule has 5 fully saturated rings. The van der Waals surface area contributed by atoms with Crippen LogP contribution in [-0.2, 0) is 11.3 Å². The van der Waals surface area contributed by atoms with Crippen LogP contribution in [0.15, 0.2) is 5.16 Å². The normalized spacial score (nSPS) is 32.3. The molecule has 0 unspecified atom stereocenters. The van der Waals surface area contributed by atoms with Crippen LogP contribution in [0.5, 0.6) is 0 Å². The van der Waals surface area contributed by atoms with Crippen LogP contribution in [0.2, 0.25) is 0 Å². The van der Waals surface area contributed by atoms with Crippen LogP contribution >= 0.6 is 11.8 Å². The molecule has 5 aliphatic rings. The number of nitrogens with zero attached hydrogens (tertiary/aromatic N) is 5. The van der Waals surface area contributed by atoms with E-state index in [-0.39, 0.29) is 11.4 Å². The molecule has 0 N–H and O–H groups in total. The average Bonchev–Trinajstić information content (AvgIpc) is 3.45. The zero-order chi connectivity index (χ0) is 20.0. The first kappa shape index (κ1) is 19.4. The van der Waals surface area contributed by atoms with Crippen LogP contribution in [0.4, 0.5) is 0 Å². The second kappa shape index (κ2) is 7.61. The molecule has 7 heteroatoms. The van der Waals surface area contributed by atoms with Crippen molar-refractivity contribution in [2.45, 2.75) is 87.9 Å². The minimum atomic E-state index is 0.0147. The Kier molecular flexibility index (Phi) is 5.09. The molecule has 0 radical (unpaired) electrons. The largest absolute Gasteiger partial charge is 0.335 e. The quantitative estimate of drug-likeness (QED) is 0.603. The Hall–Kier alpha value is -1.55. The third-order valence-electron chi connectivity index (χ3n) is 7.66. The fourth-order valence-electron chi connectivity index (χ4n) is 6.74. The first-order valence-electron chi connectivity index (χ1n) is 11.3.